The van der Waals surface area contributed by atoms with Gasteiger partial charge in [0.1, 0.15) is 5.76 Å². The lowest BCUT2D eigenvalue weighted by Crippen LogP contribution is -2.16. The Kier molecular flexibility index (Phi) is 4.70. The molecule has 0 bridgehead atoms. The molecule has 2 nitrogen and oxygen atoms in total. The van der Waals surface area contributed by atoms with E-state index in [9.17, 15) is 0 Å². The highest BCUT2D eigenvalue weighted by Crippen LogP contribution is 2.21. The van der Waals surface area contributed by atoms with Gasteiger partial charge in [-0.05, 0) is 49.2 Å². The normalized spacial score (nSPS) is 10.8. The van der Waals surface area contributed by atoms with E-state index in [1.54, 1.807) is 12.3 Å². The van der Waals surface area contributed by atoms with Crippen molar-refractivity contribution >= 4 is 23.2 Å². The van der Waals surface area contributed by atoms with Crippen LogP contribution in [0.5, 0.6) is 0 Å². The van der Waals surface area contributed by atoms with Crippen LogP contribution in [0.25, 0.3) is 0 Å². The highest BCUT2D eigenvalue weighted by atomic mass is 35.5. The minimum Gasteiger partial charge on any atom is -0.468 e. The van der Waals surface area contributed by atoms with Gasteiger partial charge in [0.25, 0.3) is 0 Å². The van der Waals surface area contributed by atoms with Crippen molar-refractivity contribution in [3.05, 3.63) is 57.5 Å². The molecule has 0 saturated carbocycles. The molecule has 2 aromatic rings. The monoisotopic (exact) mass is 283 g/mol. The highest BCUT2D eigenvalue weighted by molar-refractivity contribution is 6.35. The van der Waals surface area contributed by atoms with Crippen LogP contribution in [-0.2, 0) is 13.0 Å². The number of rotatable bonds is 5. The molecule has 4 heteroatoms. The molecule has 1 aromatic heterocycles. The molecule has 1 aromatic carbocycles. The summed E-state index contributed by atoms with van der Waals surface area (Å²) in [6.45, 7) is 3.63. The van der Waals surface area contributed by atoms with E-state index in [0.717, 1.165) is 35.9 Å². The number of benzene rings is 1. The topological polar surface area (TPSA) is 25.2 Å². The molecule has 96 valence electrons. The van der Waals surface area contributed by atoms with Crippen LogP contribution >= 0.6 is 23.2 Å². The molecule has 0 aliphatic carbocycles. The first kappa shape index (κ1) is 13.5. The van der Waals surface area contributed by atoms with Gasteiger partial charge in [0.2, 0.25) is 0 Å². The summed E-state index contributed by atoms with van der Waals surface area (Å²) in [6.07, 6.45) is 2.58. The first-order valence-electron chi connectivity index (χ1n) is 5.84. The average Bonchev–Trinajstić information content (AvgIpc) is 2.73. The second-order valence-corrected chi connectivity index (χ2v) is 5.03. The van der Waals surface area contributed by atoms with Gasteiger partial charge in [0, 0.05) is 10.0 Å². The second-order valence-electron chi connectivity index (χ2n) is 4.19. The minimum atomic E-state index is 0.669. The summed E-state index contributed by atoms with van der Waals surface area (Å²) < 4.78 is 5.35. The molecule has 0 aliphatic rings. The molecule has 0 fully saturated rings. The van der Waals surface area contributed by atoms with E-state index in [-0.39, 0.29) is 0 Å². The zero-order chi connectivity index (χ0) is 13.0. The number of nitrogens with one attached hydrogen (secondary N) is 1. The Hall–Kier alpha value is -0.960. The highest BCUT2D eigenvalue weighted by Gasteiger charge is 2.03. The fourth-order valence-electron chi connectivity index (χ4n) is 1.73. The number of aryl methyl sites for hydroxylation is 1. The summed E-state index contributed by atoms with van der Waals surface area (Å²) in [5.41, 5.74) is 2.27. The van der Waals surface area contributed by atoms with Crippen LogP contribution in [0.1, 0.15) is 16.9 Å². The third-order valence-electron chi connectivity index (χ3n) is 2.84. The maximum absolute atomic E-state index is 6.10. The molecule has 0 unspecified atom stereocenters. The van der Waals surface area contributed by atoms with Gasteiger partial charge in [-0.15, -0.1) is 0 Å². The van der Waals surface area contributed by atoms with Crippen molar-refractivity contribution in [2.24, 2.45) is 0 Å². The summed E-state index contributed by atoms with van der Waals surface area (Å²) in [5, 5.41) is 4.72. The first-order valence-corrected chi connectivity index (χ1v) is 6.60. The van der Waals surface area contributed by atoms with E-state index in [0.29, 0.717) is 5.02 Å². The molecular weight excluding hydrogens is 269 g/mol. The van der Waals surface area contributed by atoms with Gasteiger partial charge in [-0.1, -0.05) is 29.3 Å². The lowest BCUT2D eigenvalue weighted by atomic mass is 10.1. The maximum atomic E-state index is 6.10. The van der Waals surface area contributed by atoms with Gasteiger partial charge in [-0.2, -0.15) is 0 Å². The number of hydrogen-bond donors (Lipinski definition) is 1. The Morgan fingerprint density at radius 3 is 2.72 bits per heavy atom. The van der Waals surface area contributed by atoms with Gasteiger partial charge in [-0.25, -0.2) is 0 Å². The van der Waals surface area contributed by atoms with E-state index in [4.69, 9.17) is 27.6 Å². The van der Waals surface area contributed by atoms with Crippen LogP contribution in [0.2, 0.25) is 10.0 Å². The molecule has 0 radical (unpaired) electrons. The molecule has 18 heavy (non-hydrogen) atoms. The zero-order valence-electron chi connectivity index (χ0n) is 10.2. The van der Waals surface area contributed by atoms with E-state index in [1.165, 1.54) is 5.56 Å². The van der Waals surface area contributed by atoms with Crippen LogP contribution in [0.3, 0.4) is 0 Å². The van der Waals surface area contributed by atoms with Gasteiger partial charge in [0.15, 0.2) is 0 Å². The Morgan fingerprint density at radius 2 is 2.06 bits per heavy atom. The molecule has 2 rings (SSSR count). The quantitative estimate of drug-likeness (QED) is 0.831. The van der Waals surface area contributed by atoms with E-state index in [2.05, 4.69) is 5.32 Å². The van der Waals surface area contributed by atoms with E-state index < -0.39 is 0 Å². The maximum Gasteiger partial charge on any atom is 0.120 e. The standard InChI is InChI=1S/C14H15Cl2NO/c1-10-5-7-18-14(10)9-17-6-4-11-2-3-12(15)8-13(11)16/h2-3,5,7-8,17H,4,6,9H2,1H3. The van der Waals surface area contributed by atoms with Crippen LogP contribution < -0.4 is 5.32 Å². The van der Waals surface area contributed by atoms with Crippen molar-refractivity contribution in [3.8, 4) is 0 Å². The molecule has 0 atom stereocenters. The number of furan rings is 1. The van der Waals surface area contributed by atoms with Gasteiger partial charge in [-0.3, -0.25) is 0 Å². The molecule has 1 N–H and O–H groups in total. The number of hydrogen-bond acceptors (Lipinski definition) is 2. The van der Waals surface area contributed by atoms with Crippen LogP contribution in [0.15, 0.2) is 34.9 Å². The summed E-state index contributed by atoms with van der Waals surface area (Å²) in [5.74, 6) is 0.984. The number of halogens is 2. The molecule has 1 heterocycles. The van der Waals surface area contributed by atoms with Crippen molar-refractivity contribution in [2.75, 3.05) is 6.54 Å². The van der Waals surface area contributed by atoms with E-state index in [1.807, 2.05) is 25.1 Å². The fraction of sp³-hybridized carbons (Fsp3) is 0.286. The molecule has 0 aliphatic heterocycles. The van der Waals surface area contributed by atoms with Crippen molar-refractivity contribution < 1.29 is 4.42 Å². The predicted octanol–water partition coefficient (Wildman–Crippen LogP) is 4.23. The minimum absolute atomic E-state index is 0.669. The smallest absolute Gasteiger partial charge is 0.120 e. The van der Waals surface area contributed by atoms with Crippen molar-refractivity contribution in [1.29, 1.82) is 0 Å². The lowest BCUT2D eigenvalue weighted by Gasteiger charge is -2.06. The van der Waals surface area contributed by atoms with Crippen molar-refractivity contribution in [3.63, 3.8) is 0 Å². The molecular formula is C14H15Cl2NO. The third-order valence-corrected chi connectivity index (χ3v) is 3.43. The van der Waals surface area contributed by atoms with E-state index >= 15 is 0 Å². The predicted molar refractivity (Wildman–Crippen MR) is 75.3 cm³/mol. The lowest BCUT2D eigenvalue weighted by molar-refractivity contribution is 0.481. The Morgan fingerprint density at radius 1 is 1.22 bits per heavy atom. The molecule has 0 saturated heterocycles. The molecule has 0 amide bonds. The van der Waals surface area contributed by atoms with Crippen LogP contribution in [0, 0.1) is 6.92 Å². The van der Waals surface area contributed by atoms with Gasteiger partial charge < -0.3 is 9.73 Å². The SMILES string of the molecule is Cc1ccoc1CNCCc1ccc(Cl)cc1Cl. The molecule has 0 spiro atoms. The largest absolute Gasteiger partial charge is 0.468 e. The summed E-state index contributed by atoms with van der Waals surface area (Å²) in [7, 11) is 0. The first-order chi connectivity index (χ1) is 8.66. The van der Waals surface area contributed by atoms with Crippen molar-refractivity contribution in [2.45, 2.75) is 19.9 Å². The van der Waals surface area contributed by atoms with Crippen LogP contribution in [0.4, 0.5) is 0 Å². The zero-order valence-corrected chi connectivity index (χ0v) is 11.7. The Balaban J connectivity index is 1.80. The summed E-state index contributed by atoms with van der Waals surface area (Å²) >= 11 is 12.0. The second kappa shape index (κ2) is 6.28. The van der Waals surface area contributed by atoms with Crippen LogP contribution in [-0.4, -0.2) is 6.54 Å². The summed E-state index contributed by atoms with van der Waals surface area (Å²) in [6, 6.07) is 7.56. The van der Waals surface area contributed by atoms with Crippen molar-refractivity contribution in [1.82, 2.24) is 5.32 Å². The van der Waals surface area contributed by atoms with Gasteiger partial charge >= 0.3 is 0 Å². The van der Waals surface area contributed by atoms with Gasteiger partial charge in [0.05, 0.1) is 12.8 Å². The fourth-order valence-corrected chi connectivity index (χ4v) is 2.24. The third kappa shape index (κ3) is 3.52. The Labute approximate surface area is 117 Å². The average molecular weight is 284 g/mol. The summed E-state index contributed by atoms with van der Waals surface area (Å²) in [4.78, 5) is 0. The Bertz CT molecular complexity index is 522.